The summed E-state index contributed by atoms with van der Waals surface area (Å²) < 4.78 is 19.1. The molecular weight excluding hydrogens is 273 g/mol. The topological polar surface area (TPSA) is 21.3 Å². The third kappa shape index (κ3) is 4.49. The van der Waals surface area contributed by atoms with Crippen molar-refractivity contribution in [3.05, 3.63) is 28.5 Å². The summed E-state index contributed by atoms with van der Waals surface area (Å²) >= 11 is 3.13. The van der Waals surface area contributed by atoms with Crippen LogP contribution in [0.5, 0.6) is 5.75 Å². The average Bonchev–Trinajstić information content (AvgIpc) is 2.24. The molecule has 1 rings (SSSR count). The Kier molecular flexibility index (Phi) is 5.77. The molecule has 0 aliphatic rings. The van der Waals surface area contributed by atoms with Crippen molar-refractivity contribution in [3.8, 4) is 5.75 Å². The van der Waals surface area contributed by atoms with Gasteiger partial charge in [0, 0.05) is 0 Å². The number of rotatable bonds is 6. The van der Waals surface area contributed by atoms with Gasteiger partial charge in [0.2, 0.25) is 0 Å². The fraction of sp³-hybridized carbons (Fsp3) is 0.500. The van der Waals surface area contributed by atoms with E-state index in [1.807, 2.05) is 14.0 Å². The lowest BCUT2D eigenvalue weighted by molar-refractivity contribution is 0.207. The molecule has 2 nitrogen and oxygen atoms in total. The number of ether oxygens (including phenoxy) is 1. The first-order valence-electron chi connectivity index (χ1n) is 5.39. The molecule has 0 aliphatic heterocycles. The van der Waals surface area contributed by atoms with E-state index in [9.17, 15) is 4.39 Å². The first-order valence-corrected chi connectivity index (χ1v) is 6.19. The van der Waals surface area contributed by atoms with E-state index < -0.39 is 0 Å². The highest BCUT2D eigenvalue weighted by atomic mass is 79.9. The molecule has 16 heavy (non-hydrogen) atoms. The predicted octanol–water partition coefficient (Wildman–Crippen LogP) is 3.36. The van der Waals surface area contributed by atoms with Crippen LogP contribution in [0.2, 0.25) is 0 Å². The smallest absolute Gasteiger partial charge is 0.137 e. The molecule has 0 saturated carbocycles. The molecule has 0 radical (unpaired) electrons. The Bertz CT molecular complexity index is 333. The van der Waals surface area contributed by atoms with Crippen LogP contribution >= 0.6 is 15.9 Å². The Morgan fingerprint density at radius 1 is 1.50 bits per heavy atom. The van der Waals surface area contributed by atoms with Crippen LogP contribution in [0.1, 0.15) is 19.8 Å². The van der Waals surface area contributed by atoms with Gasteiger partial charge in [0.25, 0.3) is 0 Å². The van der Waals surface area contributed by atoms with Crippen LogP contribution in [0.3, 0.4) is 0 Å². The molecule has 0 fully saturated rings. The largest absolute Gasteiger partial charge is 0.491 e. The fourth-order valence-electron chi connectivity index (χ4n) is 1.41. The lowest BCUT2D eigenvalue weighted by Gasteiger charge is -2.14. The van der Waals surface area contributed by atoms with E-state index in [1.54, 1.807) is 12.1 Å². The second kappa shape index (κ2) is 6.86. The molecule has 90 valence electrons. The van der Waals surface area contributed by atoms with E-state index in [4.69, 9.17) is 4.74 Å². The molecule has 0 aromatic heterocycles. The average molecular weight is 290 g/mol. The molecule has 1 aromatic carbocycles. The predicted molar refractivity (Wildman–Crippen MR) is 67.4 cm³/mol. The van der Waals surface area contributed by atoms with Gasteiger partial charge in [0.05, 0.1) is 10.6 Å². The minimum atomic E-state index is -0.268. The maximum atomic E-state index is 13.0. The van der Waals surface area contributed by atoms with Gasteiger partial charge in [-0.2, -0.15) is 0 Å². The van der Waals surface area contributed by atoms with Crippen molar-refractivity contribution in [1.29, 1.82) is 0 Å². The number of nitrogens with one attached hydrogen (secondary N) is 1. The van der Waals surface area contributed by atoms with Gasteiger partial charge in [0.1, 0.15) is 11.6 Å². The van der Waals surface area contributed by atoms with Crippen molar-refractivity contribution in [3.63, 3.8) is 0 Å². The first-order chi connectivity index (χ1) is 7.63. The lowest BCUT2D eigenvalue weighted by Crippen LogP contribution is -2.15. The third-order valence-electron chi connectivity index (χ3n) is 2.27. The zero-order valence-corrected chi connectivity index (χ0v) is 11.2. The van der Waals surface area contributed by atoms with Crippen LogP contribution in [0, 0.1) is 5.82 Å². The molecule has 0 bridgehead atoms. The number of hydrogen-bond donors (Lipinski definition) is 1. The summed E-state index contributed by atoms with van der Waals surface area (Å²) in [5.74, 6) is 0.431. The van der Waals surface area contributed by atoms with Gasteiger partial charge in [-0.25, -0.2) is 4.39 Å². The molecule has 4 heteroatoms. The zero-order chi connectivity index (χ0) is 12.0. The SMILES string of the molecule is CNCCCC(C)Oc1ccc(F)c(Br)c1. The van der Waals surface area contributed by atoms with Crippen molar-refractivity contribution < 1.29 is 9.13 Å². The quantitative estimate of drug-likeness (QED) is 0.811. The van der Waals surface area contributed by atoms with Crippen LogP contribution in [0.4, 0.5) is 4.39 Å². The van der Waals surface area contributed by atoms with Crippen molar-refractivity contribution in [1.82, 2.24) is 5.32 Å². The molecule has 0 saturated heterocycles. The van der Waals surface area contributed by atoms with Gasteiger partial charge in [-0.1, -0.05) is 0 Å². The molecule has 1 aromatic rings. The van der Waals surface area contributed by atoms with Gasteiger partial charge in [-0.05, 0) is 67.5 Å². The van der Waals surface area contributed by atoms with Crippen molar-refractivity contribution in [2.24, 2.45) is 0 Å². The summed E-state index contributed by atoms with van der Waals surface area (Å²) in [4.78, 5) is 0. The number of hydrogen-bond acceptors (Lipinski definition) is 2. The molecule has 0 spiro atoms. The maximum absolute atomic E-state index is 13.0. The molecule has 0 aliphatic carbocycles. The Hall–Kier alpha value is -0.610. The zero-order valence-electron chi connectivity index (χ0n) is 9.59. The summed E-state index contributed by atoms with van der Waals surface area (Å²) in [5, 5.41) is 3.09. The standard InChI is InChI=1S/C12H17BrFNO/c1-9(4-3-7-15-2)16-10-5-6-12(14)11(13)8-10/h5-6,8-9,15H,3-4,7H2,1-2H3. The van der Waals surface area contributed by atoms with Gasteiger partial charge in [-0.15, -0.1) is 0 Å². The molecule has 0 amide bonds. The third-order valence-corrected chi connectivity index (χ3v) is 2.87. The fourth-order valence-corrected chi connectivity index (χ4v) is 1.77. The van der Waals surface area contributed by atoms with Gasteiger partial charge in [-0.3, -0.25) is 0 Å². The molecule has 1 unspecified atom stereocenters. The van der Waals surface area contributed by atoms with Crippen LogP contribution < -0.4 is 10.1 Å². The molecule has 1 N–H and O–H groups in total. The van der Waals surface area contributed by atoms with E-state index in [-0.39, 0.29) is 11.9 Å². The van der Waals surface area contributed by atoms with Crippen molar-refractivity contribution in [2.75, 3.05) is 13.6 Å². The van der Waals surface area contributed by atoms with E-state index in [0.29, 0.717) is 10.2 Å². The molecule has 0 heterocycles. The Morgan fingerprint density at radius 2 is 2.25 bits per heavy atom. The monoisotopic (exact) mass is 289 g/mol. The van der Waals surface area contributed by atoms with Gasteiger partial charge >= 0.3 is 0 Å². The van der Waals surface area contributed by atoms with Gasteiger partial charge in [0.15, 0.2) is 0 Å². The second-order valence-corrected chi connectivity index (χ2v) is 4.60. The van der Waals surface area contributed by atoms with E-state index in [0.717, 1.165) is 19.4 Å². The van der Waals surface area contributed by atoms with Crippen LogP contribution in [0.15, 0.2) is 22.7 Å². The van der Waals surface area contributed by atoms with E-state index >= 15 is 0 Å². The Labute approximate surface area is 104 Å². The highest BCUT2D eigenvalue weighted by molar-refractivity contribution is 9.10. The number of halogens is 2. The normalized spacial score (nSPS) is 12.5. The molecule has 1 atom stereocenters. The summed E-state index contributed by atoms with van der Waals surface area (Å²) in [6, 6.07) is 4.71. The minimum absolute atomic E-state index is 0.144. The Morgan fingerprint density at radius 3 is 2.88 bits per heavy atom. The first kappa shape index (κ1) is 13.5. The van der Waals surface area contributed by atoms with Crippen molar-refractivity contribution in [2.45, 2.75) is 25.9 Å². The van der Waals surface area contributed by atoms with Gasteiger partial charge < -0.3 is 10.1 Å². The summed E-state index contributed by atoms with van der Waals surface area (Å²) in [7, 11) is 1.93. The van der Waals surface area contributed by atoms with E-state index in [2.05, 4.69) is 21.2 Å². The van der Waals surface area contributed by atoms with Crippen LogP contribution in [0.25, 0.3) is 0 Å². The highest BCUT2D eigenvalue weighted by Crippen LogP contribution is 2.22. The Balaban J connectivity index is 2.43. The second-order valence-electron chi connectivity index (χ2n) is 3.75. The van der Waals surface area contributed by atoms with Crippen LogP contribution in [-0.4, -0.2) is 19.7 Å². The summed E-state index contributed by atoms with van der Waals surface area (Å²) in [5.41, 5.74) is 0. The minimum Gasteiger partial charge on any atom is -0.491 e. The van der Waals surface area contributed by atoms with E-state index in [1.165, 1.54) is 6.07 Å². The summed E-state index contributed by atoms with van der Waals surface area (Å²) in [6.45, 7) is 3.01. The summed E-state index contributed by atoms with van der Waals surface area (Å²) in [6.07, 6.45) is 2.20. The lowest BCUT2D eigenvalue weighted by atomic mass is 10.2. The molecular formula is C12H17BrFNO. The maximum Gasteiger partial charge on any atom is 0.137 e. The number of benzene rings is 1. The highest BCUT2D eigenvalue weighted by Gasteiger charge is 2.06. The van der Waals surface area contributed by atoms with Crippen molar-refractivity contribution >= 4 is 15.9 Å². The van der Waals surface area contributed by atoms with Crippen LogP contribution in [-0.2, 0) is 0 Å².